The number of rotatable bonds is 0. The van der Waals surface area contributed by atoms with Gasteiger partial charge in [0.25, 0.3) is 0 Å². The summed E-state index contributed by atoms with van der Waals surface area (Å²) in [5, 5.41) is 4.50. The molecule has 2 nitrogen and oxygen atoms in total. The molecule has 2 aromatic heterocycles. The van der Waals surface area contributed by atoms with Gasteiger partial charge in [0, 0.05) is 21.9 Å². The summed E-state index contributed by atoms with van der Waals surface area (Å²) in [6.07, 6.45) is 0. The average Bonchev–Trinajstić information content (AvgIpc) is 2.91. The molecule has 1 aliphatic heterocycles. The van der Waals surface area contributed by atoms with Crippen molar-refractivity contribution in [1.82, 2.24) is 9.97 Å². The fraction of sp³-hybridized carbons (Fsp3) is 0.176. The minimum Gasteiger partial charge on any atom is -0.296 e. The Bertz CT molecular complexity index is 1840. The standard InChI is InChI=1S/C34H26N2.Pt/c1-33(2)25-8-5-7-24(19-25)28-17-15-22-13-11-21-12-14-23-16-18-29(36-32(23)30(21)31(22)35-28)34(3,4)27-10-6-9-26(33)20-27;/h5-18H,1-4H3;/q-2;+2. The van der Waals surface area contributed by atoms with E-state index in [0.29, 0.717) is 0 Å². The number of nitrogens with zero attached hydrogens (tertiary/aromatic N) is 2. The summed E-state index contributed by atoms with van der Waals surface area (Å²) in [5.41, 5.74) is 7.75. The van der Waals surface area contributed by atoms with Crippen LogP contribution >= 0.6 is 0 Å². The molecule has 4 aromatic carbocycles. The molecule has 1 aliphatic rings. The molecule has 3 heteroatoms. The summed E-state index contributed by atoms with van der Waals surface area (Å²) in [6.45, 7) is 8.99. The summed E-state index contributed by atoms with van der Waals surface area (Å²) in [4.78, 5) is 10.6. The molecule has 37 heavy (non-hydrogen) atoms. The van der Waals surface area contributed by atoms with Crippen molar-refractivity contribution in [2.75, 3.05) is 0 Å². The molecule has 0 atom stereocenters. The first-order valence-electron chi connectivity index (χ1n) is 12.5. The zero-order valence-corrected chi connectivity index (χ0v) is 23.6. The Kier molecular flexibility index (Phi) is 5.41. The van der Waals surface area contributed by atoms with E-state index in [1.165, 1.54) is 0 Å². The molecule has 0 spiro atoms. The molecule has 0 saturated carbocycles. The van der Waals surface area contributed by atoms with Gasteiger partial charge in [-0.3, -0.25) is 9.97 Å². The number of fused-ring (bicyclic) bond motifs is 7. The summed E-state index contributed by atoms with van der Waals surface area (Å²) in [6, 6.07) is 37.7. The molecule has 3 heterocycles. The van der Waals surface area contributed by atoms with E-state index in [0.717, 1.165) is 66.2 Å². The zero-order chi connectivity index (χ0) is 24.7. The van der Waals surface area contributed by atoms with Gasteiger partial charge < -0.3 is 0 Å². The third-order valence-electron chi connectivity index (χ3n) is 8.03. The van der Waals surface area contributed by atoms with Gasteiger partial charge in [-0.15, -0.1) is 35.4 Å². The van der Waals surface area contributed by atoms with E-state index in [2.05, 4.69) is 125 Å². The molecule has 0 saturated heterocycles. The van der Waals surface area contributed by atoms with E-state index in [1.807, 2.05) is 0 Å². The summed E-state index contributed by atoms with van der Waals surface area (Å²) in [5.74, 6) is 0. The van der Waals surface area contributed by atoms with Crippen molar-refractivity contribution in [1.29, 1.82) is 0 Å². The zero-order valence-electron chi connectivity index (χ0n) is 21.3. The van der Waals surface area contributed by atoms with Gasteiger partial charge in [-0.1, -0.05) is 70.2 Å². The van der Waals surface area contributed by atoms with Gasteiger partial charge in [0.05, 0.1) is 11.0 Å². The Morgan fingerprint density at radius 3 is 1.81 bits per heavy atom. The molecular formula is C34H26N2Pt. The van der Waals surface area contributed by atoms with Gasteiger partial charge in [0.1, 0.15) is 0 Å². The van der Waals surface area contributed by atoms with E-state index >= 15 is 0 Å². The van der Waals surface area contributed by atoms with Crippen molar-refractivity contribution in [2.24, 2.45) is 0 Å². The van der Waals surface area contributed by atoms with Crippen molar-refractivity contribution < 1.29 is 21.1 Å². The maximum atomic E-state index is 5.32. The molecule has 6 aromatic rings. The van der Waals surface area contributed by atoms with Gasteiger partial charge >= 0.3 is 21.1 Å². The topological polar surface area (TPSA) is 25.8 Å². The Labute approximate surface area is 232 Å². The van der Waals surface area contributed by atoms with Gasteiger partial charge in [0.15, 0.2) is 0 Å². The normalized spacial score (nSPS) is 15.2. The Hall–Kier alpha value is -3.35. The van der Waals surface area contributed by atoms with Crippen LogP contribution in [0.2, 0.25) is 0 Å². The Morgan fingerprint density at radius 1 is 0.541 bits per heavy atom. The van der Waals surface area contributed by atoms with Crippen LogP contribution in [0.3, 0.4) is 0 Å². The van der Waals surface area contributed by atoms with Crippen LogP contribution in [-0.4, -0.2) is 9.97 Å². The first-order valence-corrected chi connectivity index (χ1v) is 12.5. The number of hydrogen-bond acceptors (Lipinski definition) is 2. The third-order valence-corrected chi connectivity index (χ3v) is 8.03. The molecule has 0 fully saturated rings. The number of pyridine rings is 2. The SMILES string of the molecule is CC1(C)c2[c-]c(ccc2)-c2ccc3ccc4ccc5ccc(nc5c4c3n2)C(C)(C)c2[c-]c1ccc2.[Pt+2]. The summed E-state index contributed by atoms with van der Waals surface area (Å²) in [7, 11) is 0. The van der Waals surface area contributed by atoms with E-state index in [4.69, 9.17) is 9.97 Å². The molecule has 7 rings (SSSR count). The van der Waals surface area contributed by atoms with Gasteiger partial charge in [-0.05, 0) is 27.9 Å². The molecule has 0 radical (unpaired) electrons. The molecular weight excluding hydrogens is 631 g/mol. The Balaban J connectivity index is 0.00000252. The maximum absolute atomic E-state index is 5.32. The van der Waals surface area contributed by atoms with Crippen LogP contribution < -0.4 is 0 Å². The minimum absolute atomic E-state index is 0. The van der Waals surface area contributed by atoms with Gasteiger partial charge in [-0.25, -0.2) is 0 Å². The van der Waals surface area contributed by atoms with Crippen LogP contribution in [0.25, 0.3) is 43.8 Å². The van der Waals surface area contributed by atoms with Crippen LogP contribution in [0, 0.1) is 12.1 Å². The van der Waals surface area contributed by atoms with E-state index < -0.39 is 0 Å². The van der Waals surface area contributed by atoms with Crippen LogP contribution in [0.1, 0.15) is 50.1 Å². The predicted molar refractivity (Wildman–Crippen MR) is 148 cm³/mol. The first kappa shape index (κ1) is 24.0. The number of benzene rings is 4. The van der Waals surface area contributed by atoms with E-state index in [9.17, 15) is 0 Å². The monoisotopic (exact) mass is 657 g/mol. The maximum Gasteiger partial charge on any atom is 2.00 e. The van der Waals surface area contributed by atoms with Crippen molar-refractivity contribution in [3.63, 3.8) is 0 Å². The van der Waals surface area contributed by atoms with Gasteiger partial charge in [0.2, 0.25) is 0 Å². The smallest absolute Gasteiger partial charge is 0.296 e. The molecule has 8 bridgehead atoms. The number of aromatic nitrogens is 2. The van der Waals surface area contributed by atoms with Crippen molar-refractivity contribution >= 4 is 32.6 Å². The van der Waals surface area contributed by atoms with Crippen LogP contribution in [0.15, 0.2) is 84.9 Å². The quantitative estimate of drug-likeness (QED) is 0.122. The minimum atomic E-state index is -0.322. The van der Waals surface area contributed by atoms with Crippen LogP contribution in [0.4, 0.5) is 0 Å². The Morgan fingerprint density at radius 2 is 1.08 bits per heavy atom. The number of hydrogen-bond donors (Lipinski definition) is 0. The van der Waals surface area contributed by atoms with Gasteiger partial charge in [-0.2, -0.15) is 35.4 Å². The molecule has 182 valence electrons. The molecule has 0 unspecified atom stereocenters. The second-order valence-corrected chi connectivity index (χ2v) is 11.0. The van der Waals surface area contributed by atoms with Crippen LogP contribution in [0.5, 0.6) is 0 Å². The molecule has 0 aliphatic carbocycles. The molecule has 0 N–H and O–H groups in total. The second-order valence-electron chi connectivity index (χ2n) is 11.0. The van der Waals surface area contributed by atoms with E-state index in [1.54, 1.807) is 0 Å². The van der Waals surface area contributed by atoms with Crippen molar-refractivity contribution in [3.05, 3.63) is 119 Å². The summed E-state index contributed by atoms with van der Waals surface area (Å²) < 4.78 is 0. The average molecular weight is 658 g/mol. The van der Waals surface area contributed by atoms with E-state index in [-0.39, 0.29) is 31.9 Å². The fourth-order valence-corrected chi connectivity index (χ4v) is 5.54. The second kappa shape index (κ2) is 8.33. The predicted octanol–water partition coefficient (Wildman–Crippen LogP) is 8.17. The molecule has 0 amide bonds. The fourth-order valence-electron chi connectivity index (χ4n) is 5.54. The van der Waals surface area contributed by atoms with Crippen molar-refractivity contribution in [2.45, 2.75) is 38.5 Å². The first-order chi connectivity index (χ1) is 17.3. The largest absolute Gasteiger partial charge is 2.00 e. The summed E-state index contributed by atoms with van der Waals surface area (Å²) >= 11 is 0. The van der Waals surface area contributed by atoms with Crippen LogP contribution in [-0.2, 0) is 31.9 Å². The van der Waals surface area contributed by atoms with Crippen molar-refractivity contribution in [3.8, 4) is 11.3 Å². The third kappa shape index (κ3) is 3.57.